The second-order valence-corrected chi connectivity index (χ2v) is 6.43. The average Bonchev–Trinajstić information content (AvgIpc) is 2.62. The van der Waals surface area contributed by atoms with Gasteiger partial charge in [-0.15, -0.1) is 11.3 Å². The first kappa shape index (κ1) is 13.7. The number of thiophene rings is 1. The highest BCUT2D eigenvalue weighted by atomic mass is 79.9. The fraction of sp³-hybridized carbons (Fsp3) is 0.286. The number of rotatable bonds is 3. The van der Waals surface area contributed by atoms with E-state index in [1.165, 1.54) is 15.8 Å². The predicted molar refractivity (Wildman–Crippen MR) is 78.8 cm³/mol. The molecule has 0 radical (unpaired) electrons. The van der Waals surface area contributed by atoms with Crippen molar-refractivity contribution in [2.45, 2.75) is 19.9 Å². The number of benzene rings is 1. The van der Waals surface area contributed by atoms with Crippen molar-refractivity contribution < 1.29 is 4.39 Å². The van der Waals surface area contributed by atoms with Gasteiger partial charge in [-0.3, -0.25) is 0 Å². The Bertz CT molecular complexity index is 565. The van der Waals surface area contributed by atoms with E-state index >= 15 is 0 Å². The van der Waals surface area contributed by atoms with Gasteiger partial charge >= 0.3 is 0 Å². The lowest BCUT2D eigenvalue weighted by Gasteiger charge is -2.18. The van der Waals surface area contributed by atoms with Gasteiger partial charge in [-0.25, -0.2) is 4.39 Å². The van der Waals surface area contributed by atoms with Crippen molar-refractivity contribution in [2.75, 3.05) is 7.05 Å². The third-order valence-electron chi connectivity index (χ3n) is 2.93. The van der Waals surface area contributed by atoms with Gasteiger partial charge in [-0.1, -0.05) is 6.07 Å². The van der Waals surface area contributed by atoms with E-state index < -0.39 is 0 Å². The maximum atomic E-state index is 13.2. The van der Waals surface area contributed by atoms with Crippen LogP contribution in [-0.2, 0) is 0 Å². The highest BCUT2D eigenvalue weighted by Gasteiger charge is 2.19. The summed E-state index contributed by atoms with van der Waals surface area (Å²) in [4.78, 5) is 2.49. The topological polar surface area (TPSA) is 12.0 Å². The Balaban J connectivity index is 2.48. The van der Waals surface area contributed by atoms with Crippen LogP contribution in [0.3, 0.4) is 0 Å². The molecule has 0 saturated carbocycles. The maximum absolute atomic E-state index is 13.2. The molecule has 1 atom stereocenters. The summed E-state index contributed by atoms with van der Waals surface area (Å²) in [5.74, 6) is -0.187. The molecular formula is C14H15BrFNS. The Labute approximate surface area is 119 Å². The van der Waals surface area contributed by atoms with Gasteiger partial charge < -0.3 is 5.32 Å². The first-order valence-electron chi connectivity index (χ1n) is 5.72. The van der Waals surface area contributed by atoms with Crippen molar-refractivity contribution in [1.82, 2.24) is 5.32 Å². The minimum absolute atomic E-state index is 0.0960. The van der Waals surface area contributed by atoms with E-state index in [2.05, 4.69) is 34.2 Å². The molecule has 1 heterocycles. The van der Waals surface area contributed by atoms with Gasteiger partial charge in [0, 0.05) is 14.2 Å². The van der Waals surface area contributed by atoms with Crippen molar-refractivity contribution in [2.24, 2.45) is 0 Å². The molecule has 0 aliphatic rings. The average molecular weight is 328 g/mol. The molecule has 0 aliphatic carbocycles. The molecule has 0 spiro atoms. The zero-order chi connectivity index (χ0) is 13.3. The van der Waals surface area contributed by atoms with Crippen molar-refractivity contribution in [3.05, 3.63) is 55.4 Å². The molecule has 0 fully saturated rings. The molecule has 0 amide bonds. The molecule has 1 aromatic carbocycles. The summed E-state index contributed by atoms with van der Waals surface area (Å²) in [5, 5.41) is 3.31. The number of hydrogen-bond acceptors (Lipinski definition) is 2. The molecular weight excluding hydrogens is 313 g/mol. The van der Waals surface area contributed by atoms with Crippen LogP contribution in [0, 0.1) is 19.7 Å². The lowest BCUT2D eigenvalue weighted by atomic mass is 10.00. The highest BCUT2D eigenvalue weighted by Crippen LogP contribution is 2.36. The van der Waals surface area contributed by atoms with Crippen LogP contribution >= 0.6 is 27.3 Å². The molecule has 18 heavy (non-hydrogen) atoms. The van der Waals surface area contributed by atoms with Gasteiger partial charge in [-0.2, -0.15) is 0 Å². The molecule has 0 aliphatic heterocycles. The second-order valence-electron chi connectivity index (χ2n) is 4.29. The van der Waals surface area contributed by atoms with Gasteiger partial charge in [0.05, 0.1) is 6.04 Å². The van der Waals surface area contributed by atoms with E-state index in [-0.39, 0.29) is 11.9 Å². The van der Waals surface area contributed by atoms with Gasteiger partial charge in [0.2, 0.25) is 0 Å². The Morgan fingerprint density at radius 1 is 1.28 bits per heavy atom. The molecule has 96 valence electrons. The summed E-state index contributed by atoms with van der Waals surface area (Å²) in [5.41, 5.74) is 2.08. The zero-order valence-corrected chi connectivity index (χ0v) is 13.0. The third kappa shape index (κ3) is 2.66. The van der Waals surface area contributed by atoms with Crippen molar-refractivity contribution in [3.63, 3.8) is 0 Å². The summed E-state index contributed by atoms with van der Waals surface area (Å²) in [6, 6.07) is 7.16. The first-order valence-corrected chi connectivity index (χ1v) is 7.33. The number of halogens is 2. The van der Waals surface area contributed by atoms with Crippen LogP contribution in [0.4, 0.5) is 4.39 Å². The Kier molecular flexibility index (Phi) is 4.20. The standard InChI is InChI=1S/C14H15BrFNS/c1-8-6-10(16)4-5-11(8)13(17-3)14-12(15)7-9(2)18-14/h4-7,13,17H,1-3H3. The normalized spacial score (nSPS) is 12.7. The number of aryl methyl sites for hydroxylation is 2. The third-order valence-corrected chi connectivity index (χ3v) is 4.96. The van der Waals surface area contributed by atoms with Crippen molar-refractivity contribution in [1.29, 1.82) is 0 Å². The summed E-state index contributed by atoms with van der Waals surface area (Å²) in [7, 11) is 1.93. The molecule has 4 heteroatoms. The van der Waals surface area contributed by atoms with Gasteiger partial charge in [-0.05, 0) is 66.2 Å². The number of nitrogens with one attached hydrogen (secondary N) is 1. The fourth-order valence-corrected chi connectivity index (χ4v) is 4.10. The fourth-order valence-electron chi connectivity index (χ4n) is 2.09. The lowest BCUT2D eigenvalue weighted by Crippen LogP contribution is -2.18. The molecule has 2 rings (SSSR count). The minimum Gasteiger partial charge on any atom is -0.309 e. The van der Waals surface area contributed by atoms with E-state index in [4.69, 9.17) is 0 Å². The maximum Gasteiger partial charge on any atom is 0.123 e. The van der Waals surface area contributed by atoms with Crippen molar-refractivity contribution >= 4 is 27.3 Å². The summed E-state index contributed by atoms with van der Waals surface area (Å²) >= 11 is 5.34. The first-order chi connectivity index (χ1) is 8.52. The van der Waals surface area contributed by atoms with E-state index in [0.29, 0.717) is 0 Å². The molecule has 1 nitrogen and oxygen atoms in total. The Hall–Kier alpha value is -0.710. The molecule has 2 aromatic rings. The van der Waals surface area contributed by atoms with E-state index in [1.807, 2.05) is 20.0 Å². The monoisotopic (exact) mass is 327 g/mol. The van der Waals surface area contributed by atoms with E-state index in [1.54, 1.807) is 17.4 Å². The summed E-state index contributed by atoms with van der Waals surface area (Å²) < 4.78 is 14.3. The second kappa shape index (κ2) is 5.51. The van der Waals surface area contributed by atoms with Crippen LogP contribution in [0.25, 0.3) is 0 Å². The highest BCUT2D eigenvalue weighted by molar-refractivity contribution is 9.10. The number of hydrogen-bond donors (Lipinski definition) is 1. The quantitative estimate of drug-likeness (QED) is 0.870. The SMILES string of the molecule is CNC(c1ccc(F)cc1C)c1sc(C)cc1Br. The van der Waals surface area contributed by atoms with Crippen LogP contribution in [0.15, 0.2) is 28.7 Å². The Morgan fingerprint density at radius 2 is 2.00 bits per heavy atom. The van der Waals surface area contributed by atoms with E-state index in [9.17, 15) is 4.39 Å². The van der Waals surface area contributed by atoms with Crippen LogP contribution in [0.2, 0.25) is 0 Å². The zero-order valence-electron chi connectivity index (χ0n) is 10.6. The minimum atomic E-state index is -0.187. The smallest absolute Gasteiger partial charge is 0.123 e. The summed E-state index contributed by atoms with van der Waals surface area (Å²) in [6.45, 7) is 4.03. The van der Waals surface area contributed by atoms with Crippen LogP contribution in [0.5, 0.6) is 0 Å². The van der Waals surface area contributed by atoms with Gasteiger partial charge in [0.1, 0.15) is 5.82 Å². The molecule has 0 saturated heterocycles. The molecule has 0 bridgehead atoms. The molecule has 1 aromatic heterocycles. The van der Waals surface area contributed by atoms with Crippen LogP contribution in [-0.4, -0.2) is 7.05 Å². The predicted octanol–water partition coefficient (Wildman–Crippen LogP) is 4.58. The lowest BCUT2D eigenvalue weighted by molar-refractivity contribution is 0.621. The molecule has 1 unspecified atom stereocenters. The summed E-state index contributed by atoms with van der Waals surface area (Å²) in [6.07, 6.45) is 0. The van der Waals surface area contributed by atoms with Crippen LogP contribution in [0.1, 0.15) is 26.9 Å². The van der Waals surface area contributed by atoms with Crippen LogP contribution < -0.4 is 5.32 Å². The van der Waals surface area contributed by atoms with Gasteiger partial charge in [0.25, 0.3) is 0 Å². The van der Waals surface area contributed by atoms with Gasteiger partial charge in [0.15, 0.2) is 0 Å². The van der Waals surface area contributed by atoms with E-state index in [0.717, 1.165) is 15.6 Å². The Morgan fingerprint density at radius 3 is 2.50 bits per heavy atom. The van der Waals surface area contributed by atoms with Crippen molar-refractivity contribution in [3.8, 4) is 0 Å². The molecule has 1 N–H and O–H groups in total. The largest absolute Gasteiger partial charge is 0.309 e.